The quantitative estimate of drug-likeness (QED) is 0.733. The van der Waals surface area contributed by atoms with Crippen LogP contribution in [0.15, 0.2) is 54.9 Å². The molecule has 29 heavy (non-hydrogen) atoms. The van der Waals surface area contributed by atoms with E-state index in [0.717, 1.165) is 37.0 Å². The molecular weight excluding hydrogens is 371 g/mol. The smallest absolute Gasteiger partial charge is 0.272 e. The van der Waals surface area contributed by atoms with E-state index in [0.29, 0.717) is 11.4 Å². The van der Waals surface area contributed by atoms with Crippen LogP contribution in [0.5, 0.6) is 5.75 Å². The van der Waals surface area contributed by atoms with Crippen LogP contribution in [-0.4, -0.2) is 44.2 Å². The number of hydrogen-bond donors (Lipinski definition) is 1. The van der Waals surface area contributed by atoms with Gasteiger partial charge >= 0.3 is 0 Å². The first-order chi connectivity index (χ1) is 14.2. The lowest BCUT2D eigenvalue weighted by atomic mass is 9.99. The Balaban J connectivity index is 1.29. The molecule has 4 heterocycles. The molecule has 7 heteroatoms. The molecule has 0 unspecified atom stereocenters. The van der Waals surface area contributed by atoms with Crippen LogP contribution in [-0.2, 0) is 0 Å². The van der Waals surface area contributed by atoms with E-state index in [2.05, 4.69) is 15.2 Å². The molecule has 1 N–H and O–H groups in total. The average Bonchev–Trinajstić information content (AvgIpc) is 3.32. The molecule has 2 aromatic heterocycles. The van der Waals surface area contributed by atoms with E-state index in [1.54, 1.807) is 30.6 Å². The van der Waals surface area contributed by atoms with E-state index >= 15 is 0 Å². The highest BCUT2D eigenvalue weighted by Gasteiger charge is 2.44. The van der Waals surface area contributed by atoms with Crippen molar-refractivity contribution in [3.05, 3.63) is 66.4 Å². The SMILES string of the molecule is O=C(c1cc(-c2ccc(F)cc2)n[nH]1)N1[C@H]2CC[C@H]1CC(Oc1cccnc1)C2. The van der Waals surface area contributed by atoms with Gasteiger partial charge in [0.2, 0.25) is 0 Å². The van der Waals surface area contributed by atoms with E-state index < -0.39 is 0 Å². The maximum Gasteiger partial charge on any atom is 0.272 e. The number of halogens is 1. The van der Waals surface area contributed by atoms with Crippen LogP contribution >= 0.6 is 0 Å². The minimum absolute atomic E-state index is 0.0295. The Bertz CT molecular complexity index is 991. The van der Waals surface area contributed by atoms with E-state index in [4.69, 9.17) is 4.74 Å². The van der Waals surface area contributed by atoms with Gasteiger partial charge in [-0.2, -0.15) is 5.10 Å². The summed E-state index contributed by atoms with van der Waals surface area (Å²) in [7, 11) is 0. The van der Waals surface area contributed by atoms with Gasteiger partial charge in [0.25, 0.3) is 5.91 Å². The van der Waals surface area contributed by atoms with Crippen LogP contribution in [0.25, 0.3) is 11.3 Å². The number of pyridine rings is 1. The molecule has 6 nitrogen and oxygen atoms in total. The molecule has 0 aliphatic carbocycles. The van der Waals surface area contributed by atoms with Crippen molar-refractivity contribution in [3.63, 3.8) is 0 Å². The predicted octanol–water partition coefficient (Wildman–Crippen LogP) is 3.83. The molecule has 2 aliphatic rings. The van der Waals surface area contributed by atoms with Crippen molar-refractivity contribution in [1.29, 1.82) is 0 Å². The number of H-pyrrole nitrogens is 1. The van der Waals surface area contributed by atoms with Crippen LogP contribution in [0.3, 0.4) is 0 Å². The number of fused-ring (bicyclic) bond motifs is 2. The second-order valence-corrected chi connectivity index (χ2v) is 7.67. The monoisotopic (exact) mass is 392 g/mol. The number of aromatic amines is 1. The number of carbonyl (C=O) groups excluding carboxylic acids is 1. The molecule has 2 saturated heterocycles. The zero-order chi connectivity index (χ0) is 19.8. The fourth-order valence-electron chi connectivity index (χ4n) is 4.50. The highest BCUT2D eigenvalue weighted by Crippen LogP contribution is 2.38. The van der Waals surface area contributed by atoms with Crippen molar-refractivity contribution < 1.29 is 13.9 Å². The maximum absolute atomic E-state index is 13.2. The summed E-state index contributed by atoms with van der Waals surface area (Å²) < 4.78 is 19.2. The van der Waals surface area contributed by atoms with Crippen molar-refractivity contribution in [2.75, 3.05) is 0 Å². The number of hydrogen-bond acceptors (Lipinski definition) is 4. The third-order valence-electron chi connectivity index (χ3n) is 5.81. The Morgan fingerprint density at radius 2 is 1.90 bits per heavy atom. The molecule has 5 rings (SSSR count). The summed E-state index contributed by atoms with van der Waals surface area (Å²) >= 11 is 0. The van der Waals surface area contributed by atoms with Crippen LogP contribution in [0, 0.1) is 5.82 Å². The van der Waals surface area contributed by atoms with Gasteiger partial charge < -0.3 is 9.64 Å². The van der Waals surface area contributed by atoms with Gasteiger partial charge in [0, 0.05) is 36.7 Å². The summed E-state index contributed by atoms with van der Waals surface area (Å²) in [6.45, 7) is 0. The maximum atomic E-state index is 13.2. The summed E-state index contributed by atoms with van der Waals surface area (Å²) in [6, 6.07) is 11.9. The molecule has 0 spiro atoms. The molecule has 0 saturated carbocycles. The first kappa shape index (κ1) is 17.8. The van der Waals surface area contributed by atoms with Crippen molar-refractivity contribution in [2.45, 2.75) is 43.9 Å². The van der Waals surface area contributed by atoms with Crippen molar-refractivity contribution in [1.82, 2.24) is 20.1 Å². The topological polar surface area (TPSA) is 71.1 Å². The molecule has 2 fully saturated rings. The molecule has 1 aromatic carbocycles. The van der Waals surface area contributed by atoms with Gasteiger partial charge in [0.1, 0.15) is 23.4 Å². The van der Waals surface area contributed by atoms with Crippen molar-refractivity contribution in [3.8, 4) is 17.0 Å². The van der Waals surface area contributed by atoms with Gasteiger partial charge in [-0.3, -0.25) is 14.9 Å². The number of ether oxygens (including phenoxy) is 1. The van der Waals surface area contributed by atoms with E-state index in [1.165, 1.54) is 12.1 Å². The third kappa shape index (κ3) is 3.48. The van der Waals surface area contributed by atoms with Crippen molar-refractivity contribution in [2.24, 2.45) is 0 Å². The second kappa shape index (κ2) is 7.31. The van der Waals surface area contributed by atoms with Crippen LogP contribution < -0.4 is 4.74 Å². The minimum atomic E-state index is -0.298. The summed E-state index contributed by atoms with van der Waals surface area (Å²) in [6.07, 6.45) is 7.15. The zero-order valence-electron chi connectivity index (χ0n) is 15.8. The lowest BCUT2D eigenvalue weighted by Crippen LogP contribution is -2.49. The first-order valence-corrected chi connectivity index (χ1v) is 9.88. The number of benzene rings is 1. The van der Waals surface area contributed by atoms with Gasteiger partial charge in [-0.1, -0.05) is 0 Å². The Labute approximate surface area is 167 Å². The molecule has 2 aliphatic heterocycles. The van der Waals surface area contributed by atoms with Crippen LogP contribution in [0.1, 0.15) is 36.2 Å². The number of piperidine rings is 1. The summed E-state index contributed by atoms with van der Waals surface area (Å²) in [5.41, 5.74) is 1.87. The number of nitrogens with one attached hydrogen (secondary N) is 1. The third-order valence-corrected chi connectivity index (χ3v) is 5.81. The molecule has 0 radical (unpaired) electrons. The number of nitrogens with zero attached hydrogens (tertiary/aromatic N) is 3. The Morgan fingerprint density at radius 3 is 2.59 bits per heavy atom. The fraction of sp³-hybridized carbons (Fsp3) is 0.318. The standard InChI is InChI=1S/C22H21FN4O2/c23-15-5-3-14(4-6-15)20-12-21(26-25-20)22(28)27-16-7-8-17(27)11-19(10-16)29-18-2-1-9-24-13-18/h1-6,9,12-13,16-17,19H,7-8,10-11H2,(H,25,26)/t16-,17-/m0/s1. The number of amides is 1. The normalized spacial score (nSPS) is 23.2. The molecule has 3 aromatic rings. The van der Waals surface area contributed by atoms with Gasteiger partial charge in [-0.25, -0.2) is 4.39 Å². The largest absolute Gasteiger partial charge is 0.489 e. The van der Waals surface area contributed by atoms with Crippen LogP contribution in [0.2, 0.25) is 0 Å². The number of carbonyl (C=O) groups is 1. The van der Waals surface area contributed by atoms with Gasteiger partial charge in [-0.05, 0) is 55.3 Å². The highest BCUT2D eigenvalue weighted by molar-refractivity contribution is 5.94. The van der Waals surface area contributed by atoms with Gasteiger partial charge in [0.15, 0.2) is 0 Å². The lowest BCUT2D eigenvalue weighted by molar-refractivity contribution is 0.0353. The molecular formula is C22H21FN4O2. The Kier molecular flexibility index (Phi) is 4.50. The van der Waals surface area contributed by atoms with Crippen LogP contribution in [0.4, 0.5) is 4.39 Å². The average molecular weight is 392 g/mol. The molecule has 2 bridgehead atoms. The lowest BCUT2D eigenvalue weighted by Gasteiger charge is -2.38. The minimum Gasteiger partial charge on any atom is -0.489 e. The first-order valence-electron chi connectivity index (χ1n) is 9.88. The van der Waals surface area contributed by atoms with Gasteiger partial charge in [-0.15, -0.1) is 0 Å². The number of rotatable bonds is 4. The summed E-state index contributed by atoms with van der Waals surface area (Å²) in [4.78, 5) is 19.3. The molecule has 148 valence electrons. The second-order valence-electron chi connectivity index (χ2n) is 7.67. The highest BCUT2D eigenvalue weighted by atomic mass is 19.1. The zero-order valence-corrected chi connectivity index (χ0v) is 15.8. The molecule has 1 amide bonds. The van der Waals surface area contributed by atoms with E-state index in [1.807, 2.05) is 17.0 Å². The van der Waals surface area contributed by atoms with Gasteiger partial charge in [0.05, 0.1) is 11.9 Å². The Hall–Kier alpha value is -3.22. The fourth-order valence-corrected chi connectivity index (χ4v) is 4.50. The Morgan fingerprint density at radius 1 is 1.14 bits per heavy atom. The van der Waals surface area contributed by atoms with E-state index in [-0.39, 0.29) is 29.9 Å². The molecule has 2 atom stereocenters. The van der Waals surface area contributed by atoms with Crippen molar-refractivity contribution >= 4 is 5.91 Å². The summed E-state index contributed by atoms with van der Waals surface area (Å²) in [5.74, 6) is 0.445. The predicted molar refractivity (Wildman–Crippen MR) is 105 cm³/mol. The summed E-state index contributed by atoms with van der Waals surface area (Å²) in [5, 5.41) is 7.11. The van der Waals surface area contributed by atoms with E-state index in [9.17, 15) is 9.18 Å². The number of aromatic nitrogens is 3.